The second kappa shape index (κ2) is 8.69. The zero-order valence-electron chi connectivity index (χ0n) is 15.9. The molecule has 26 heavy (non-hydrogen) atoms. The number of aliphatic imine (C=N–C) groups is 1. The van der Waals surface area contributed by atoms with E-state index in [4.69, 9.17) is 9.52 Å². The van der Waals surface area contributed by atoms with Crippen LogP contribution >= 0.6 is 0 Å². The van der Waals surface area contributed by atoms with Crippen molar-refractivity contribution in [2.75, 3.05) is 37.6 Å². The topological polar surface area (TPSA) is 69.8 Å². The Kier molecular flexibility index (Phi) is 6.09. The van der Waals surface area contributed by atoms with Crippen molar-refractivity contribution in [3.05, 3.63) is 41.9 Å². The summed E-state index contributed by atoms with van der Waals surface area (Å²) in [6.45, 7) is 11.3. The average Bonchev–Trinajstić information content (AvgIpc) is 3.15. The minimum Gasteiger partial charge on any atom is -0.359 e. The molecular formula is C19H28N6O. The van der Waals surface area contributed by atoms with Gasteiger partial charge in [0.25, 0.3) is 0 Å². The Morgan fingerprint density at radius 1 is 1.27 bits per heavy atom. The van der Waals surface area contributed by atoms with Gasteiger partial charge < -0.3 is 19.6 Å². The summed E-state index contributed by atoms with van der Waals surface area (Å²) in [5.41, 5.74) is 0.976. The number of nitrogens with zero attached hydrogens (tertiary/aromatic N) is 5. The lowest BCUT2D eigenvalue weighted by Crippen LogP contribution is -2.52. The van der Waals surface area contributed by atoms with E-state index in [1.165, 1.54) is 0 Å². The standard InChI is InChI=1S/C19H28N6O/c1-4-20-19(22-14-16-13-17(15(2)3)23-26-16)25-11-9-24(10-12-25)18-7-5-6-8-21-18/h5-8,13,15H,4,9-12,14H2,1-3H3,(H,20,22). The largest absolute Gasteiger partial charge is 0.359 e. The normalized spacial score (nSPS) is 15.6. The third kappa shape index (κ3) is 4.53. The molecule has 3 rings (SSSR count). The van der Waals surface area contributed by atoms with Gasteiger partial charge in [0, 0.05) is 45.0 Å². The molecule has 1 aliphatic heterocycles. The van der Waals surface area contributed by atoms with Gasteiger partial charge in [-0.05, 0) is 25.0 Å². The van der Waals surface area contributed by atoms with E-state index in [9.17, 15) is 0 Å². The Morgan fingerprint density at radius 2 is 2.08 bits per heavy atom. The summed E-state index contributed by atoms with van der Waals surface area (Å²) in [4.78, 5) is 13.8. The van der Waals surface area contributed by atoms with Gasteiger partial charge in [-0.1, -0.05) is 25.1 Å². The number of hydrogen-bond acceptors (Lipinski definition) is 5. The number of pyridine rings is 1. The molecule has 0 aromatic carbocycles. The lowest BCUT2D eigenvalue weighted by Gasteiger charge is -2.37. The van der Waals surface area contributed by atoms with Crippen LogP contribution in [0.1, 0.15) is 38.1 Å². The second-order valence-electron chi connectivity index (χ2n) is 6.70. The van der Waals surface area contributed by atoms with Crippen LogP contribution in [0.15, 0.2) is 40.0 Å². The maximum atomic E-state index is 5.40. The molecule has 140 valence electrons. The highest BCUT2D eigenvalue weighted by Gasteiger charge is 2.20. The zero-order chi connectivity index (χ0) is 18.4. The van der Waals surface area contributed by atoms with Crippen molar-refractivity contribution in [3.8, 4) is 0 Å². The zero-order valence-corrected chi connectivity index (χ0v) is 15.9. The molecule has 0 amide bonds. The van der Waals surface area contributed by atoms with Crippen molar-refractivity contribution in [1.82, 2.24) is 20.4 Å². The van der Waals surface area contributed by atoms with Gasteiger partial charge >= 0.3 is 0 Å². The summed E-state index contributed by atoms with van der Waals surface area (Å²) in [6.07, 6.45) is 1.84. The van der Waals surface area contributed by atoms with Crippen LogP contribution in [0.2, 0.25) is 0 Å². The molecule has 2 aromatic heterocycles. The fourth-order valence-electron chi connectivity index (χ4n) is 2.94. The summed E-state index contributed by atoms with van der Waals surface area (Å²) >= 11 is 0. The van der Waals surface area contributed by atoms with Gasteiger partial charge in [-0.25, -0.2) is 9.98 Å². The Balaban J connectivity index is 1.61. The fourth-order valence-corrected chi connectivity index (χ4v) is 2.94. The van der Waals surface area contributed by atoms with Crippen LogP contribution < -0.4 is 10.2 Å². The third-order valence-corrected chi connectivity index (χ3v) is 4.44. The molecular weight excluding hydrogens is 328 g/mol. The maximum Gasteiger partial charge on any atom is 0.194 e. The predicted molar refractivity (Wildman–Crippen MR) is 103 cm³/mol. The van der Waals surface area contributed by atoms with E-state index in [1.54, 1.807) is 0 Å². The van der Waals surface area contributed by atoms with E-state index in [0.29, 0.717) is 12.5 Å². The molecule has 0 unspecified atom stereocenters. The van der Waals surface area contributed by atoms with E-state index < -0.39 is 0 Å². The van der Waals surface area contributed by atoms with Gasteiger partial charge in [0.15, 0.2) is 11.7 Å². The molecule has 2 aromatic rings. The van der Waals surface area contributed by atoms with E-state index in [0.717, 1.165) is 56.0 Å². The Morgan fingerprint density at radius 3 is 2.69 bits per heavy atom. The number of guanidine groups is 1. The first-order valence-electron chi connectivity index (χ1n) is 9.32. The van der Waals surface area contributed by atoms with Crippen molar-refractivity contribution in [2.24, 2.45) is 4.99 Å². The van der Waals surface area contributed by atoms with Crippen LogP contribution in [0.3, 0.4) is 0 Å². The monoisotopic (exact) mass is 356 g/mol. The van der Waals surface area contributed by atoms with Gasteiger partial charge in [-0.15, -0.1) is 0 Å². The number of rotatable bonds is 5. The molecule has 0 bridgehead atoms. The molecule has 1 saturated heterocycles. The third-order valence-electron chi connectivity index (χ3n) is 4.44. The van der Waals surface area contributed by atoms with Gasteiger partial charge in [-0.3, -0.25) is 0 Å². The first-order valence-corrected chi connectivity index (χ1v) is 9.32. The summed E-state index contributed by atoms with van der Waals surface area (Å²) in [5, 5.41) is 7.49. The Labute approximate surface area is 155 Å². The molecule has 1 N–H and O–H groups in total. The van der Waals surface area contributed by atoms with Crippen LogP contribution in [0.4, 0.5) is 5.82 Å². The van der Waals surface area contributed by atoms with Crippen molar-refractivity contribution < 1.29 is 4.52 Å². The van der Waals surface area contributed by atoms with Crippen molar-refractivity contribution in [3.63, 3.8) is 0 Å². The Bertz CT molecular complexity index is 704. The van der Waals surface area contributed by atoms with E-state index in [1.807, 2.05) is 24.4 Å². The minimum atomic E-state index is 0.365. The summed E-state index contributed by atoms with van der Waals surface area (Å²) < 4.78 is 5.40. The molecule has 7 nitrogen and oxygen atoms in total. The van der Waals surface area contributed by atoms with Crippen LogP contribution in [0.5, 0.6) is 0 Å². The van der Waals surface area contributed by atoms with Crippen LogP contribution in [-0.4, -0.2) is 53.7 Å². The molecule has 0 aliphatic carbocycles. The molecule has 0 radical (unpaired) electrons. The summed E-state index contributed by atoms with van der Waals surface area (Å²) in [6, 6.07) is 8.04. The smallest absolute Gasteiger partial charge is 0.194 e. The number of aromatic nitrogens is 2. The molecule has 1 aliphatic rings. The lowest BCUT2D eigenvalue weighted by molar-refractivity contribution is 0.363. The highest BCUT2D eigenvalue weighted by atomic mass is 16.5. The summed E-state index contributed by atoms with van der Waals surface area (Å²) in [7, 11) is 0. The number of nitrogens with one attached hydrogen (secondary N) is 1. The average molecular weight is 356 g/mol. The van der Waals surface area contributed by atoms with Crippen LogP contribution in [0.25, 0.3) is 0 Å². The fraction of sp³-hybridized carbons (Fsp3) is 0.526. The minimum absolute atomic E-state index is 0.365. The number of piperazine rings is 1. The first kappa shape index (κ1) is 18.2. The van der Waals surface area contributed by atoms with Crippen LogP contribution in [0, 0.1) is 0 Å². The molecule has 3 heterocycles. The van der Waals surface area contributed by atoms with Crippen molar-refractivity contribution in [2.45, 2.75) is 33.2 Å². The lowest BCUT2D eigenvalue weighted by atomic mass is 10.1. The van der Waals surface area contributed by atoms with Crippen LogP contribution in [-0.2, 0) is 6.54 Å². The predicted octanol–water partition coefficient (Wildman–Crippen LogP) is 2.48. The van der Waals surface area contributed by atoms with Gasteiger partial charge in [0.1, 0.15) is 12.4 Å². The quantitative estimate of drug-likeness (QED) is 0.656. The van der Waals surface area contributed by atoms with Crippen molar-refractivity contribution in [1.29, 1.82) is 0 Å². The number of anilines is 1. The Hall–Kier alpha value is -2.57. The number of hydrogen-bond donors (Lipinski definition) is 1. The van der Waals surface area contributed by atoms with E-state index in [2.05, 4.69) is 52.1 Å². The highest BCUT2D eigenvalue weighted by molar-refractivity contribution is 5.80. The van der Waals surface area contributed by atoms with Crippen molar-refractivity contribution >= 4 is 11.8 Å². The van der Waals surface area contributed by atoms with Gasteiger partial charge in [0.05, 0.1) is 5.69 Å². The molecule has 0 saturated carbocycles. The first-order chi connectivity index (χ1) is 12.7. The van der Waals surface area contributed by atoms with E-state index in [-0.39, 0.29) is 0 Å². The van der Waals surface area contributed by atoms with Gasteiger partial charge in [-0.2, -0.15) is 0 Å². The molecule has 0 spiro atoms. The summed E-state index contributed by atoms with van der Waals surface area (Å²) in [5.74, 6) is 3.13. The SMILES string of the molecule is CCNC(=NCc1cc(C(C)C)no1)N1CCN(c2ccccn2)CC1. The molecule has 0 atom stereocenters. The molecule has 1 fully saturated rings. The highest BCUT2D eigenvalue weighted by Crippen LogP contribution is 2.15. The van der Waals surface area contributed by atoms with E-state index >= 15 is 0 Å². The second-order valence-corrected chi connectivity index (χ2v) is 6.70. The van der Waals surface area contributed by atoms with Gasteiger partial charge in [0.2, 0.25) is 0 Å². The maximum absolute atomic E-state index is 5.40. The molecule has 7 heteroatoms.